The zero-order valence-electron chi connectivity index (χ0n) is 15.4. The molecule has 1 aliphatic heterocycles. The molecule has 7 heteroatoms. The minimum Gasteiger partial charge on any atom is -0.508 e. The minimum atomic E-state index is -3.21. The van der Waals surface area contributed by atoms with Crippen molar-refractivity contribution in [3.05, 3.63) is 29.8 Å². The highest BCUT2D eigenvalue weighted by Gasteiger charge is 2.29. The lowest BCUT2D eigenvalue weighted by atomic mass is 9.82. The molecule has 0 amide bonds. The molecule has 2 atom stereocenters. The van der Waals surface area contributed by atoms with E-state index in [2.05, 4.69) is 16.1 Å². The molecule has 0 spiro atoms. The van der Waals surface area contributed by atoms with Crippen LogP contribution in [-0.2, 0) is 14.8 Å². The Morgan fingerprint density at radius 3 is 2.69 bits per heavy atom. The summed E-state index contributed by atoms with van der Waals surface area (Å²) >= 11 is 0. The third-order valence-corrected chi connectivity index (χ3v) is 6.21. The first-order valence-electron chi connectivity index (χ1n) is 9.52. The van der Waals surface area contributed by atoms with Gasteiger partial charge in [-0.1, -0.05) is 12.1 Å². The zero-order valence-corrected chi connectivity index (χ0v) is 16.2. The summed E-state index contributed by atoms with van der Waals surface area (Å²) in [4.78, 5) is 0. The van der Waals surface area contributed by atoms with Crippen LogP contribution in [0.5, 0.6) is 5.75 Å². The fourth-order valence-corrected chi connectivity index (χ4v) is 4.96. The highest BCUT2D eigenvalue weighted by Crippen LogP contribution is 2.35. The molecule has 3 N–H and O–H groups in total. The van der Waals surface area contributed by atoms with Crippen LogP contribution in [0.15, 0.2) is 24.3 Å². The molecule has 1 aromatic rings. The molecule has 2 unspecified atom stereocenters. The first kappa shape index (κ1) is 19.6. The number of aromatic hydroxyl groups is 1. The summed E-state index contributed by atoms with van der Waals surface area (Å²) in [7, 11) is -3.21. The molecule has 0 aromatic heterocycles. The lowest BCUT2D eigenvalue weighted by molar-refractivity contribution is 0.00523. The average molecular weight is 383 g/mol. The molecule has 0 radical (unpaired) electrons. The maximum absolute atomic E-state index is 11.5. The van der Waals surface area contributed by atoms with E-state index in [1.165, 1.54) is 11.8 Å². The van der Waals surface area contributed by atoms with Gasteiger partial charge in [0.2, 0.25) is 10.0 Å². The number of rotatable bonds is 6. The van der Waals surface area contributed by atoms with Crippen LogP contribution in [0.4, 0.5) is 0 Å². The molecular formula is C19H30N2O4S. The van der Waals surface area contributed by atoms with Gasteiger partial charge in [0.05, 0.1) is 19.0 Å². The Labute approximate surface area is 156 Å². The molecule has 1 aromatic carbocycles. The number of piperidine rings is 1. The summed E-state index contributed by atoms with van der Waals surface area (Å²) in [6.07, 6.45) is 7.36. The van der Waals surface area contributed by atoms with E-state index < -0.39 is 10.0 Å². The van der Waals surface area contributed by atoms with Gasteiger partial charge in [0.25, 0.3) is 0 Å². The van der Waals surface area contributed by atoms with Crippen molar-refractivity contribution in [3.63, 3.8) is 0 Å². The van der Waals surface area contributed by atoms with Gasteiger partial charge in [0, 0.05) is 12.1 Å². The molecule has 1 aliphatic carbocycles. The van der Waals surface area contributed by atoms with E-state index in [9.17, 15) is 13.5 Å². The number of phenols is 1. The average Bonchev–Trinajstić information content (AvgIpc) is 2.60. The van der Waals surface area contributed by atoms with E-state index in [1.807, 2.05) is 12.1 Å². The Bertz CT molecular complexity index is 687. The van der Waals surface area contributed by atoms with Crippen molar-refractivity contribution in [2.45, 2.75) is 62.6 Å². The third kappa shape index (κ3) is 5.67. The molecule has 6 nitrogen and oxygen atoms in total. The maximum atomic E-state index is 11.5. The Morgan fingerprint density at radius 2 is 2.00 bits per heavy atom. The number of nitrogens with one attached hydrogen (secondary N) is 2. The highest BCUT2D eigenvalue weighted by atomic mass is 32.2. The van der Waals surface area contributed by atoms with Gasteiger partial charge >= 0.3 is 0 Å². The smallest absolute Gasteiger partial charge is 0.209 e. The molecule has 2 fully saturated rings. The minimum absolute atomic E-state index is 0.0299. The molecule has 26 heavy (non-hydrogen) atoms. The normalized spacial score (nSPS) is 30.2. The lowest BCUT2D eigenvalue weighted by Crippen LogP contribution is -2.55. The summed E-state index contributed by atoms with van der Waals surface area (Å²) in [6, 6.07) is 7.48. The van der Waals surface area contributed by atoms with Crippen molar-refractivity contribution in [3.8, 4) is 5.75 Å². The van der Waals surface area contributed by atoms with Crippen LogP contribution >= 0.6 is 0 Å². The van der Waals surface area contributed by atoms with E-state index >= 15 is 0 Å². The summed E-state index contributed by atoms with van der Waals surface area (Å²) in [5.41, 5.74) is 1.20. The predicted molar refractivity (Wildman–Crippen MR) is 102 cm³/mol. The third-order valence-electron chi connectivity index (χ3n) is 5.48. The molecule has 1 saturated carbocycles. The lowest BCUT2D eigenvalue weighted by Gasteiger charge is -2.35. The van der Waals surface area contributed by atoms with Gasteiger partial charge in [-0.15, -0.1) is 0 Å². The van der Waals surface area contributed by atoms with E-state index in [4.69, 9.17) is 4.74 Å². The molecule has 146 valence electrons. The van der Waals surface area contributed by atoms with Gasteiger partial charge in [0.1, 0.15) is 5.75 Å². The van der Waals surface area contributed by atoms with Crippen molar-refractivity contribution >= 4 is 10.0 Å². The van der Waals surface area contributed by atoms with Crippen LogP contribution in [0.25, 0.3) is 0 Å². The first-order valence-corrected chi connectivity index (χ1v) is 11.4. The van der Waals surface area contributed by atoms with Crippen LogP contribution in [0.1, 0.15) is 50.0 Å². The van der Waals surface area contributed by atoms with Crippen LogP contribution in [0.2, 0.25) is 0 Å². The molecule has 0 bridgehead atoms. The molecule has 2 aliphatic rings. The monoisotopic (exact) mass is 382 g/mol. The standard InChI is InChI=1S/C19H30N2O4S/c1-26(23,24)21-18-6-3-11-20-19(18)13-25-17-9-7-14(8-10-17)15-4-2-5-16(22)12-15/h2,4-5,12,14,17-22H,3,6-11,13H2,1H3/t14-,17+,18?,19?. The Hall–Kier alpha value is -1.15. The maximum Gasteiger partial charge on any atom is 0.209 e. The number of phenolic OH excluding ortho intramolecular Hbond substituents is 1. The van der Waals surface area contributed by atoms with E-state index in [1.54, 1.807) is 6.07 Å². The Morgan fingerprint density at radius 1 is 1.23 bits per heavy atom. The van der Waals surface area contributed by atoms with Crippen molar-refractivity contribution in [1.29, 1.82) is 0 Å². The van der Waals surface area contributed by atoms with Crippen molar-refractivity contribution < 1.29 is 18.3 Å². The summed E-state index contributed by atoms with van der Waals surface area (Å²) in [5, 5.41) is 13.0. The number of sulfonamides is 1. The predicted octanol–water partition coefficient (Wildman–Crippen LogP) is 2.10. The van der Waals surface area contributed by atoms with Gasteiger partial charge in [-0.3, -0.25) is 0 Å². The number of hydrogen-bond acceptors (Lipinski definition) is 5. The van der Waals surface area contributed by atoms with Crippen molar-refractivity contribution in [2.24, 2.45) is 0 Å². The van der Waals surface area contributed by atoms with Gasteiger partial charge in [-0.05, 0) is 68.7 Å². The molecular weight excluding hydrogens is 352 g/mol. The largest absolute Gasteiger partial charge is 0.508 e. The summed E-state index contributed by atoms with van der Waals surface area (Å²) in [5.74, 6) is 0.808. The second-order valence-electron chi connectivity index (χ2n) is 7.60. The van der Waals surface area contributed by atoms with Crippen molar-refractivity contribution in [2.75, 3.05) is 19.4 Å². The number of ether oxygens (including phenoxy) is 1. The van der Waals surface area contributed by atoms with E-state index in [0.717, 1.165) is 45.1 Å². The molecule has 1 saturated heterocycles. The quantitative estimate of drug-likeness (QED) is 0.701. The number of hydrogen-bond donors (Lipinski definition) is 3. The van der Waals surface area contributed by atoms with Gasteiger partial charge < -0.3 is 15.2 Å². The topological polar surface area (TPSA) is 87.7 Å². The molecule has 1 heterocycles. The second kappa shape index (κ2) is 8.69. The molecule has 3 rings (SSSR count). The Balaban J connectivity index is 1.47. The van der Waals surface area contributed by atoms with E-state index in [0.29, 0.717) is 18.3 Å². The van der Waals surface area contributed by atoms with E-state index in [-0.39, 0.29) is 18.2 Å². The Kier molecular flexibility index (Phi) is 6.55. The second-order valence-corrected chi connectivity index (χ2v) is 9.38. The van der Waals surface area contributed by atoms with Crippen molar-refractivity contribution in [1.82, 2.24) is 10.0 Å². The summed E-state index contributed by atoms with van der Waals surface area (Å²) < 4.78 is 32.0. The summed E-state index contributed by atoms with van der Waals surface area (Å²) in [6.45, 7) is 1.44. The number of benzene rings is 1. The van der Waals surface area contributed by atoms with Gasteiger partial charge in [-0.2, -0.15) is 0 Å². The van der Waals surface area contributed by atoms with Crippen LogP contribution in [0, 0.1) is 0 Å². The van der Waals surface area contributed by atoms with Crippen LogP contribution < -0.4 is 10.0 Å². The zero-order chi connectivity index (χ0) is 18.6. The first-order chi connectivity index (χ1) is 12.4. The van der Waals surface area contributed by atoms with Gasteiger partial charge in [-0.25, -0.2) is 13.1 Å². The fraction of sp³-hybridized carbons (Fsp3) is 0.684. The van der Waals surface area contributed by atoms with Gasteiger partial charge in [0.15, 0.2) is 0 Å². The van der Waals surface area contributed by atoms with Crippen LogP contribution in [0.3, 0.4) is 0 Å². The highest BCUT2D eigenvalue weighted by molar-refractivity contribution is 7.88. The van der Waals surface area contributed by atoms with Crippen LogP contribution in [-0.4, -0.2) is 51.1 Å². The SMILES string of the molecule is CS(=O)(=O)NC1CCCNC1CO[C@H]1CC[C@@H](c2cccc(O)c2)CC1. The fourth-order valence-electron chi connectivity index (χ4n) is 4.13.